The van der Waals surface area contributed by atoms with Gasteiger partial charge < -0.3 is 14.2 Å². The second kappa shape index (κ2) is 7.01. The lowest BCUT2D eigenvalue weighted by atomic mass is 10.7. The van der Waals surface area contributed by atoms with Crippen LogP contribution in [0.2, 0.25) is 0 Å². The van der Waals surface area contributed by atoms with Gasteiger partial charge in [-0.2, -0.15) is 0 Å². The van der Waals surface area contributed by atoms with Crippen molar-refractivity contribution in [1.82, 2.24) is 0 Å². The number of ether oxygens (including phenoxy) is 3. The summed E-state index contributed by atoms with van der Waals surface area (Å²) in [5.74, 6) is -0.448. The number of rotatable bonds is 6. The van der Waals surface area contributed by atoms with Gasteiger partial charge in [0.2, 0.25) is 0 Å². The maximum atomic E-state index is 10.4. The molecule has 0 heterocycles. The van der Waals surface area contributed by atoms with E-state index in [0.29, 0.717) is 6.47 Å². The lowest BCUT2D eigenvalue weighted by molar-refractivity contribution is -0.146. The van der Waals surface area contributed by atoms with E-state index in [1.807, 2.05) is 0 Å². The zero-order valence-corrected chi connectivity index (χ0v) is 6.24. The lowest BCUT2D eigenvalue weighted by Crippen LogP contribution is -2.13. The van der Waals surface area contributed by atoms with Gasteiger partial charge in [0.25, 0.3) is 6.47 Å². The van der Waals surface area contributed by atoms with E-state index >= 15 is 0 Å². The van der Waals surface area contributed by atoms with Crippen molar-refractivity contribution in [2.24, 2.45) is 0 Å². The average Bonchev–Trinajstić information content (AvgIpc) is 2.04. The Bertz CT molecular complexity index is 122. The van der Waals surface area contributed by atoms with Crippen molar-refractivity contribution in [2.75, 3.05) is 26.9 Å². The molecule has 0 aromatic heterocycles. The minimum atomic E-state index is -0.448. The van der Waals surface area contributed by atoms with Crippen LogP contribution in [0.15, 0.2) is 0 Å². The SMILES string of the molecule is COC(=O)COCCOC=O. The van der Waals surface area contributed by atoms with Crippen LogP contribution >= 0.6 is 0 Å². The number of carbonyl (C=O) groups excluding carboxylic acids is 2. The van der Waals surface area contributed by atoms with Gasteiger partial charge in [0.05, 0.1) is 13.7 Å². The molecule has 0 aromatic carbocycles. The lowest BCUT2D eigenvalue weighted by Gasteiger charge is -2.00. The smallest absolute Gasteiger partial charge is 0.331 e. The molecule has 0 fully saturated rings. The minimum Gasteiger partial charge on any atom is -0.467 e. The Labute approximate surface area is 64.2 Å². The first-order valence-electron chi connectivity index (χ1n) is 3.01. The molecule has 0 saturated heterocycles. The Morgan fingerprint density at radius 2 is 2.18 bits per heavy atom. The molecule has 5 nitrogen and oxygen atoms in total. The summed E-state index contributed by atoms with van der Waals surface area (Å²) >= 11 is 0. The highest BCUT2D eigenvalue weighted by atomic mass is 16.6. The predicted octanol–water partition coefficient (Wildman–Crippen LogP) is -0.651. The summed E-state index contributed by atoms with van der Waals surface area (Å²) in [4.78, 5) is 20.0. The van der Waals surface area contributed by atoms with Crippen molar-refractivity contribution >= 4 is 12.4 Å². The first-order chi connectivity index (χ1) is 5.31. The Balaban J connectivity index is 3.01. The molecule has 0 saturated carbocycles. The van der Waals surface area contributed by atoms with Crippen molar-refractivity contribution in [2.45, 2.75) is 0 Å². The summed E-state index contributed by atoms with van der Waals surface area (Å²) in [6.07, 6.45) is 0. The zero-order valence-electron chi connectivity index (χ0n) is 6.24. The van der Waals surface area contributed by atoms with E-state index in [-0.39, 0.29) is 19.8 Å². The topological polar surface area (TPSA) is 61.8 Å². The molecule has 0 unspecified atom stereocenters. The van der Waals surface area contributed by atoms with Gasteiger partial charge >= 0.3 is 5.97 Å². The molecule has 0 bridgehead atoms. The fourth-order valence-corrected chi connectivity index (χ4v) is 0.370. The van der Waals surface area contributed by atoms with E-state index in [0.717, 1.165) is 0 Å². The van der Waals surface area contributed by atoms with E-state index in [1.54, 1.807) is 0 Å². The van der Waals surface area contributed by atoms with Crippen LogP contribution in [-0.2, 0) is 23.8 Å². The summed E-state index contributed by atoms with van der Waals surface area (Å²) in [5, 5.41) is 0. The van der Waals surface area contributed by atoms with Crippen LogP contribution < -0.4 is 0 Å². The van der Waals surface area contributed by atoms with Crippen molar-refractivity contribution in [3.05, 3.63) is 0 Å². The van der Waals surface area contributed by atoms with Crippen molar-refractivity contribution < 1.29 is 23.8 Å². The third-order valence-corrected chi connectivity index (χ3v) is 0.861. The average molecular weight is 162 g/mol. The van der Waals surface area contributed by atoms with Crippen LogP contribution in [0.25, 0.3) is 0 Å². The molecule has 0 aliphatic rings. The maximum absolute atomic E-state index is 10.4. The Kier molecular flexibility index (Phi) is 6.31. The van der Waals surface area contributed by atoms with Crippen LogP contribution in [0, 0.1) is 0 Å². The molecule has 11 heavy (non-hydrogen) atoms. The number of methoxy groups -OCH3 is 1. The summed E-state index contributed by atoms with van der Waals surface area (Å²) in [6.45, 7) is 0.564. The highest BCUT2D eigenvalue weighted by Gasteiger charge is 1.97. The molecule has 0 N–H and O–H groups in total. The second-order valence-electron chi connectivity index (χ2n) is 1.60. The van der Waals surface area contributed by atoms with Gasteiger partial charge in [-0.3, -0.25) is 4.79 Å². The largest absolute Gasteiger partial charge is 0.467 e. The number of hydrogen-bond acceptors (Lipinski definition) is 5. The molecule has 0 aliphatic heterocycles. The molecular formula is C6H10O5. The molecule has 0 aliphatic carbocycles. The van der Waals surface area contributed by atoms with Crippen molar-refractivity contribution in [3.63, 3.8) is 0 Å². The van der Waals surface area contributed by atoms with Gasteiger partial charge in [0, 0.05) is 0 Å². The van der Waals surface area contributed by atoms with Gasteiger partial charge in [-0.05, 0) is 0 Å². The van der Waals surface area contributed by atoms with Gasteiger partial charge in [-0.15, -0.1) is 0 Å². The molecule has 0 amide bonds. The zero-order chi connectivity index (χ0) is 8.53. The van der Waals surface area contributed by atoms with Crippen LogP contribution in [-0.4, -0.2) is 39.4 Å². The molecular weight excluding hydrogens is 152 g/mol. The monoisotopic (exact) mass is 162 g/mol. The van der Waals surface area contributed by atoms with E-state index in [2.05, 4.69) is 9.47 Å². The first-order valence-corrected chi connectivity index (χ1v) is 3.01. The fraction of sp³-hybridized carbons (Fsp3) is 0.667. The second-order valence-corrected chi connectivity index (χ2v) is 1.60. The van der Waals surface area contributed by atoms with Crippen LogP contribution in [0.5, 0.6) is 0 Å². The van der Waals surface area contributed by atoms with E-state index < -0.39 is 5.97 Å². The number of carbonyl (C=O) groups is 2. The molecule has 0 spiro atoms. The third-order valence-electron chi connectivity index (χ3n) is 0.861. The summed E-state index contributed by atoms with van der Waals surface area (Å²) in [7, 11) is 1.27. The van der Waals surface area contributed by atoms with Gasteiger partial charge in [-0.1, -0.05) is 0 Å². The fourth-order valence-electron chi connectivity index (χ4n) is 0.370. The molecule has 64 valence electrons. The van der Waals surface area contributed by atoms with Crippen molar-refractivity contribution in [3.8, 4) is 0 Å². The van der Waals surface area contributed by atoms with Crippen LogP contribution in [0.1, 0.15) is 0 Å². The summed E-state index contributed by atoms with van der Waals surface area (Å²) in [5.41, 5.74) is 0. The normalized spacial score (nSPS) is 8.82. The Morgan fingerprint density at radius 1 is 1.45 bits per heavy atom. The highest BCUT2D eigenvalue weighted by molar-refractivity contribution is 5.70. The van der Waals surface area contributed by atoms with E-state index in [4.69, 9.17) is 4.74 Å². The van der Waals surface area contributed by atoms with E-state index in [9.17, 15) is 9.59 Å². The molecule has 5 heteroatoms. The highest BCUT2D eigenvalue weighted by Crippen LogP contribution is 1.78. The quantitative estimate of drug-likeness (QED) is 0.295. The van der Waals surface area contributed by atoms with Crippen LogP contribution in [0.3, 0.4) is 0 Å². The van der Waals surface area contributed by atoms with Crippen molar-refractivity contribution in [1.29, 1.82) is 0 Å². The minimum absolute atomic E-state index is 0.112. The van der Waals surface area contributed by atoms with Gasteiger partial charge in [0.1, 0.15) is 13.2 Å². The number of esters is 1. The Hall–Kier alpha value is -1.10. The maximum Gasteiger partial charge on any atom is 0.331 e. The predicted molar refractivity (Wildman–Crippen MR) is 34.9 cm³/mol. The molecule has 0 atom stereocenters. The van der Waals surface area contributed by atoms with Gasteiger partial charge in [-0.25, -0.2) is 4.79 Å². The van der Waals surface area contributed by atoms with Crippen LogP contribution in [0.4, 0.5) is 0 Å². The molecule has 0 rings (SSSR count). The third kappa shape index (κ3) is 6.79. The standard InChI is InChI=1S/C6H10O5/c1-9-6(8)4-10-2-3-11-5-7/h5H,2-4H2,1H3. The molecule has 0 aromatic rings. The summed E-state index contributed by atoms with van der Waals surface area (Å²) in [6, 6.07) is 0. The molecule has 0 radical (unpaired) electrons. The summed E-state index contributed by atoms with van der Waals surface area (Å²) < 4.78 is 13.3. The van der Waals surface area contributed by atoms with E-state index in [1.165, 1.54) is 7.11 Å². The van der Waals surface area contributed by atoms with Gasteiger partial charge in [0.15, 0.2) is 0 Å². The number of hydrogen-bond donors (Lipinski definition) is 0. The first kappa shape index (κ1) is 9.90. The Morgan fingerprint density at radius 3 is 2.73 bits per heavy atom.